The molecule has 1 fully saturated rings. The minimum Gasteiger partial charge on any atom is -0.392 e. The number of fused-ring (bicyclic) bond motifs is 1. The molecule has 0 saturated carbocycles. The van der Waals surface area contributed by atoms with Crippen molar-refractivity contribution in [1.29, 1.82) is 0 Å². The zero-order valence-corrected chi connectivity index (χ0v) is 9.54. The lowest BCUT2D eigenvalue weighted by atomic mass is 9.73. The Balaban J connectivity index is 1.67. The van der Waals surface area contributed by atoms with Crippen molar-refractivity contribution in [1.82, 2.24) is 0 Å². The smallest absolute Gasteiger partial charge is 0.0666 e. The van der Waals surface area contributed by atoms with E-state index in [2.05, 4.69) is 24.3 Å². The Hall–Kier alpha value is -0.470. The summed E-state index contributed by atoms with van der Waals surface area (Å²) >= 11 is 1.90. The van der Waals surface area contributed by atoms with E-state index in [9.17, 15) is 5.11 Å². The maximum absolute atomic E-state index is 9.78. The molecule has 0 spiro atoms. The molecule has 80 valence electrons. The molecule has 0 radical (unpaired) electrons. The average molecular weight is 220 g/mol. The molecular weight excluding hydrogens is 204 g/mol. The van der Waals surface area contributed by atoms with Crippen molar-refractivity contribution >= 4 is 11.8 Å². The molecule has 1 aromatic carbocycles. The number of benzene rings is 1. The summed E-state index contributed by atoms with van der Waals surface area (Å²) in [6, 6.07) is 8.73. The Morgan fingerprint density at radius 2 is 2.13 bits per heavy atom. The largest absolute Gasteiger partial charge is 0.392 e. The molecule has 3 unspecified atom stereocenters. The highest BCUT2D eigenvalue weighted by Crippen LogP contribution is 2.42. The first-order valence-corrected chi connectivity index (χ1v) is 6.83. The molecule has 0 bridgehead atoms. The van der Waals surface area contributed by atoms with E-state index in [0.717, 1.165) is 17.4 Å². The third-order valence-corrected chi connectivity index (χ3v) is 4.95. The van der Waals surface area contributed by atoms with Gasteiger partial charge < -0.3 is 5.11 Å². The van der Waals surface area contributed by atoms with Gasteiger partial charge in [0, 0.05) is 5.75 Å². The van der Waals surface area contributed by atoms with Crippen LogP contribution in [0.3, 0.4) is 0 Å². The fourth-order valence-electron chi connectivity index (χ4n) is 2.75. The van der Waals surface area contributed by atoms with Gasteiger partial charge >= 0.3 is 0 Å². The maximum Gasteiger partial charge on any atom is 0.0666 e. The van der Waals surface area contributed by atoms with Crippen molar-refractivity contribution in [3.8, 4) is 0 Å². The third kappa shape index (κ3) is 1.70. The van der Waals surface area contributed by atoms with Crippen molar-refractivity contribution in [3.05, 3.63) is 35.4 Å². The first-order valence-electron chi connectivity index (χ1n) is 5.68. The zero-order valence-electron chi connectivity index (χ0n) is 8.73. The summed E-state index contributed by atoms with van der Waals surface area (Å²) in [7, 11) is 0. The quantitative estimate of drug-likeness (QED) is 0.826. The molecule has 1 N–H and O–H groups in total. The number of hydrogen-bond donors (Lipinski definition) is 1. The molecule has 1 aliphatic carbocycles. The predicted molar refractivity (Wildman–Crippen MR) is 64.3 cm³/mol. The van der Waals surface area contributed by atoms with Crippen LogP contribution in [0.5, 0.6) is 0 Å². The summed E-state index contributed by atoms with van der Waals surface area (Å²) in [6.07, 6.45) is 2.36. The van der Waals surface area contributed by atoms with Crippen molar-refractivity contribution < 1.29 is 5.11 Å². The van der Waals surface area contributed by atoms with Crippen molar-refractivity contribution in [2.24, 2.45) is 5.92 Å². The van der Waals surface area contributed by atoms with Crippen molar-refractivity contribution in [3.63, 3.8) is 0 Å². The van der Waals surface area contributed by atoms with Gasteiger partial charge in [0.15, 0.2) is 0 Å². The first-order chi connectivity index (χ1) is 7.34. The van der Waals surface area contributed by atoms with Crippen LogP contribution in [-0.4, -0.2) is 22.7 Å². The molecule has 3 rings (SSSR count). The fourth-order valence-corrected chi connectivity index (χ4v) is 4.06. The summed E-state index contributed by atoms with van der Waals surface area (Å²) in [4.78, 5) is 0. The van der Waals surface area contributed by atoms with Gasteiger partial charge in [-0.3, -0.25) is 0 Å². The van der Waals surface area contributed by atoms with Gasteiger partial charge in [0.05, 0.1) is 6.10 Å². The molecular formula is C13H16OS. The minimum atomic E-state index is -0.0530. The van der Waals surface area contributed by atoms with Gasteiger partial charge in [0.25, 0.3) is 0 Å². The van der Waals surface area contributed by atoms with Gasteiger partial charge in [-0.1, -0.05) is 24.3 Å². The van der Waals surface area contributed by atoms with E-state index in [4.69, 9.17) is 0 Å². The summed E-state index contributed by atoms with van der Waals surface area (Å²) in [5.41, 5.74) is 3.05. The highest BCUT2D eigenvalue weighted by Gasteiger charge is 2.33. The standard InChI is InChI=1S/C13H16OS/c14-13-8-15-7-11(13)6-10-5-9-3-1-2-4-12(9)10/h1-4,10-11,13-14H,5-8H2. The molecule has 1 aromatic rings. The number of rotatable bonds is 2. The van der Waals surface area contributed by atoms with Gasteiger partial charge in [0.2, 0.25) is 0 Å². The first kappa shape index (κ1) is 9.73. The van der Waals surface area contributed by atoms with Gasteiger partial charge in [-0.2, -0.15) is 11.8 Å². The second kappa shape index (κ2) is 3.84. The molecule has 1 saturated heterocycles. The molecule has 3 atom stereocenters. The summed E-state index contributed by atoms with van der Waals surface area (Å²) in [5, 5.41) is 9.78. The van der Waals surface area contributed by atoms with Crippen LogP contribution < -0.4 is 0 Å². The second-order valence-electron chi connectivity index (χ2n) is 4.70. The maximum atomic E-state index is 9.78. The molecule has 2 aliphatic rings. The molecule has 1 aliphatic heterocycles. The lowest BCUT2D eigenvalue weighted by Crippen LogP contribution is -2.25. The second-order valence-corrected chi connectivity index (χ2v) is 5.78. The molecule has 1 heterocycles. The summed E-state index contributed by atoms with van der Waals surface area (Å²) < 4.78 is 0. The van der Waals surface area contributed by atoms with Crippen LogP contribution in [0.2, 0.25) is 0 Å². The summed E-state index contributed by atoms with van der Waals surface area (Å²) in [6.45, 7) is 0. The Kier molecular flexibility index (Phi) is 2.49. The number of aliphatic hydroxyl groups excluding tert-OH is 1. The number of aliphatic hydroxyl groups is 1. The molecule has 1 nitrogen and oxygen atoms in total. The topological polar surface area (TPSA) is 20.2 Å². The van der Waals surface area contributed by atoms with Crippen LogP contribution in [0.15, 0.2) is 24.3 Å². The Morgan fingerprint density at radius 1 is 1.27 bits per heavy atom. The van der Waals surface area contributed by atoms with E-state index >= 15 is 0 Å². The fraction of sp³-hybridized carbons (Fsp3) is 0.538. The van der Waals surface area contributed by atoms with Crippen LogP contribution in [0.25, 0.3) is 0 Å². The Bertz CT molecular complexity index is 363. The minimum absolute atomic E-state index is 0.0530. The monoisotopic (exact) mass is 220 g/mol. The van der Waals surface area contributed by atoms with Gasteiger partial charge in [0.1, 0.15) is 0 Å². The zero-order chi connectivity index (χ0) is 10.3. The number of thioether (sulfide) groups is 1. The normalized spacial score (nSPS) is 33.5. The van der Waals surface area contributed by atoms with E-state index in [1.807, 2.05) is 11.8 Å². The highest BCUT2D eigenvalue weighted by atomic mass is 32.2. The van der Waals surface area contributed by atoms with E-state index in [-0.39, 0.29) is 6.10 Å². The van der Waals surface area contributed by atoms with Crippen molar-refractivity contribution in [2.45, 2.75) is 24.9 Å². The molecule has 0 aromatic heterocycles. The third-order valence-electron chi connectivity index (χ3n) is 3.71. The van der Waals surface area contributed by atoms with Gasteiger partial charge in [-0.05, 0) is 41.6 Å². The molecule has 2 heteroatoms. The Morgan fingerprint density at radius 3 is 2.87 bits per heavy atom. The van der Waals surface area contributed by atoms with Crippen LogP contribution in [0, 0.1) is 5.92 Å². The lowest BCUT2D eigenvalue weighted by molar-refractivity contribution is 0.138. The van der Waals surface area contributed by atoms with Crippen LogP contribution in [0.4, 0.5) is 0 Å². The van der Waals surface area contributed by atoms with E-state index < -0.39 is 0 Å². The molecule has 0 amide bonds. The molecule has 15 heavy (non-hydrogen) atoms. The summed E-state index contributed by atoms with van der Waals surface area (Å²) in [5.74, 6) is 3.35. The predicted octanol–water partition coefficient (Wildman–Crippen LogP) is 2.44. The van der Waals surface area contributed by atoms with E-state index in [0.29, 0.717) is 5.92 Å². The lowest BCUT2D eigenvalue weighted by Gasteiger charge is -2.32. The van der Waals surface area contributed by atoms with Crippen LogP contribution in [-0.2, 0) is 6.42 Å². The average Bonchev–Trinajstić information content (AvgIpc) is 2.61. The number of hydrogen-bond acceptors (Lipinski definition) is 2. The van der Waals surface area contributed by atoms with E-state index in [1.54, 1.807) is 0 Å². The highest BCUT2D eigenvalue weighted by molar-refractivity contribution is 7.99. The van der Waals surface area contributed by atoms with Crippen LogP contribution >= 0.6 is 11.8 Å². The van der Waals surface area contributed by atoms with Gasteiger partial charge in [-0.25, -0.2) is 0 Å². The van der Waals surface area contributed by atoms with Crippen molar-refractivity contribution in [2.75, 3.05) is 11.5 Å². The SMILES string of the molecule is OC1CSCC1CC1Cc2ccccc21. The van der Waals surface area contributed by atoms with Crippen LogP contribution in [0.1, 0.15) is 23.5 Å². The Labute approximate surface area is 94.9 Å². The van der Waals surface area contributed by atoms with E-state index in [1.165, 1.54) is 24.0 Å². The van der Waals surface area contributed by atoms with Gasteiger partial charge in [-0.15, -0.1) is 0 Å².